The molecule has 11 heavy (non-hydrogen) atoms. The molecule has 3 heteroatoms. The van der Waals surface area contributed by atoms with Crippen LogP contribution in [0.5, 0.6) is 0 Å². The molecule has 0 aliphatic carbocycles. The molecule has 0 spiro atoms. The molecule has 4 heterocycles. The molecule has 4 aliphatic rings. The summed E-state index contributed by atoms with van der Waals surface area (Å²) in [4.78, 5) is 0. The first-order valence-electron chi connectivity index (χ1n) is 4.56. The van der Waals surface area contributed by atoms with Gasteiger partial charge in [0, 0.05) is 24.2 Å². The number of nitrogens with zero attached hydrogens (tertiary/aromatic N) is 1. The van der Waals surface area contributed by atoms with Crippen LogP contribution in [0.2, 0.25) is 0 Å². The summed E-state index contributed by atoms with van der Waals surface area (Å²) in [6.07, 6.45) is 4.62. The second-order valence-electron chi connectivity index (χ2n) is 4.19. The summed E-state index contributed by atoms with van der Waals surface area (Å²) >= 11 is 0. The smallest absolute Gasteiger partial charge is 0.0383 e. The van der Waals surface area contributed by atoms with Crippen LogP contribution >= 0.6 is 0 Å². The third-order valence-electron chi connectivity index (χ3n) is 3.45. The molecular formula is C8H14N2O. The van der Waals surface area contributed by atoms with E-state index in [4.69, 9.17) is 0 Å². The molecular weight excluding hydrogens is 140 g/mol. The Hall–Kier alpha value is -0.120. The van der Waals surface area contributed by atoms with Crippen molar-refractivity contribution in [1.82, 2.24) is 10.4 Å². The van der Waals surface area contributed by atoms with Gasteiger partial charge in [-0.15, -0.1) is 0 Å². The first-order chi connectivity index (χ1) is 5.33. The molecule has 0 amide bonds. The fourth-order valence-electron chi connectivity index (χ4n) is 3.03. The molecule has 4 saturated heterocycles. The molecule has 4 aliphatic heterocycles. The fourth-order valence-corrected chi connectivity index (χ4v) is 3.03. The monoisotopic (exact) mass is 154 g/mol. The van der Waals surface area contributed by atoms with E-state index in [2.05, 4.69) is 5.32 Å². The van der Waals surface area contributed by atoms with E-state index >= 15 is 0 Å². The van der Waals surface area contributed by atoms with Gasteiger partial charge < -0.3 is 10.5 Å². The topological polar surface area (TPSA) is 35.5 Å². The molecule has 2 N–H and O–H groups in total. The van der Waals surface area contributed by atoms with E-state index < -0.39 is 0 Å². The summed E-state index contributed by atoms with van der Waals surface area (Å²) in [5.41, 5.74) is 0. The lowest BCUT2D eigenvalue weighted by atomic mass is 9.76. The van der Waals surface area contributed by atoms with Crippen LogP contribution in [0.1, 0.15) is 25.7 Å². The summed E-state index contributed by atoms with van der Waals surface area (Å²) in [6.45, 7) is 0. The zero-order valence-electron chi connectivity index (χ0n) is 6.53. The Labute approximate surface area is 66.3 Å². The highest BCUT2D eigenvalue weighted by molar-refractivity contribution is 5.02. The van der Waals surface area contributed by atoms with Crippen LogP contribution in [0.25, 0.3) is 0 Å². The van der Waals surface area contributed by atoms with E-state index in [-0.39, 0.29) is 0 Å². The minimum absolute atomic E-state index is 0.471. The van der Waals surface area contributed by atoms with Crippen molar-refractivity contribution in [2.24, 2.45) is 0 Å². The number of hydrogen-bond donors (Lipinski definition) is 2. The number of piperidine rings is 4. The van der Waals surface area contributed by atoms with Crippen molar-refractivity contribution in [3.05, 3.63) is 0 Å². The van der Waals surface area contributed by atoms with Crippen LogP contribution < -0.4 is 5.32 Å². The lowest BCUT2D eigenvalue weighted by Gasteiger charge is -2.54. The van der Waals surface area contributed by atoms with Gasteiger partial charge >= 0.3 is 0 Å². The highest BCUT2D eigenvalue weighted by Gasteiger charge is 2.46. The summed E-state index contributed by atoms with van der Waals surface area (Å²) in [7, 11) is 0. The third-order valence-corrected chi connectivity index (χ3v) is 3.45. The Morgan fingerprint density at radius 3 is 1.91 bits per heavy atom. The average Bonchev–Trinajstić information content (AvgIpc) is 1.98. The molecule has 0 aromatic rings. The van der Waals surface area contributed by atoms with E-state index in [1.807, 2.05) is 0 Å². The van der Waals surface area contributed by atoms with Crippen molar-refractivity contribution in [2.75, 3.05) is 0 Å². The summed E-state index contributed by atoms with van der Waals surface area (Å²) in [6, 6.07) is 2.36. The maximum atomic E-state index is 9.63. The minimum Gasteiger partial charge on any atom is -0.313 e. The predicted octanol–water partition coefficient (Wildman–Crippen LogP) is 0.343. The van der Waals surface area contributed by atoms with Gasteiger partial charge in [-0.3, -0.25) is 0 Å². The zero-order valence-corrected chi connectivity index (χ0v) is 6.53. The fraction of sp³-hybridized carbons (Fsp3) is 1.00. The normalized spacial score (nSPS) is 55.4. The quantitative estimate of drug-likeness (QED) is 0.528. The first kappa shape index (κ1) is 6.40. The Bertz CT molecular complexity index is 155. The predicted molar refractivity (Wildman–Crippen MR) is 40.4 cm³/mol. The van der Waals surface area contributed by atoms with Crippen LogP contribution in [-0.4, -0.2) is 34.4 Å². The molecule has 0 aromatic heterocycles. The average molecular weight is 154 g/mol. The molecule has 4 rings (SSSR count). The van der Waals surface area contributed by atoms with Crippen molar-refractivity contribution in [3.8, 4) is 0 Å². The highest BCUT2D eigenvalue weighted by atomic mass is 16.5. The highest BCUT2D eigenvalue weighted by Crippen LogP contribution is 2.37. The molecule has 4 fully saturated rings. The van der Waals surface area contributed by atoms with Gasteiger partial charge in [-0.2, -0.15) is 5.06 Å². The van der Waals surface area contributed by atoms with Gasteiger partial charge in [-0.05, 0) is 25.7 Å². The lowest BCUT2D eigenvalue weighted by Crippen LogP contribution is -2.66. The van der Waals surface area contributed by atoms with Crippen LogP contribution in [0.3, 0.4) is 0 Å². The second kappa shape index (κ2) is 1.97. The number of rotatable bonds is 0. The molecule has 62 valence electrons. The lowest BCUT2D eigenvalue weighted by molar-refractivity contribution is -0.217. The second-order valence-corrected chi connectivity index (χ2v) is 4.19. The number of hydroxylamine groups is 2. The molecule has 3 nitrogen and oxygen atoms in total. The standard InChI is InChI=1S/C8H14N2O/c11-10-7-1-5-2-8(10)4-6(3-7)9-5/h5-9,11H,1-4H2. The largest absolute Gasteiger partial charge is 0.313 e. The van der Waals surface area contributed by atoms with E-state index in [0.717, 1.165) is 25.7 Å². The molecule has 0 aromatic carbocycles. The molecule has 0 saturated carbocycles. The van der Waals surface area contributed by atoms with Crippen LogP contribution in [-0.2, 0) is 0 Å². The van der Waals surface area contributed by atoms with Crippen LogP contribution in [0.15, 0.2) is 0 Å². The zero-order chi connectivity index (χ0) is 7.42. The maximum absolute atomic E-state index is 9.63. The first-order valence-corrected chi connectivity index (χ1v) is 4.56. The Morgan fingerprint density at radius 2 is 1.45 bits per heavy atom. The SMILES string of the molecule is ON1C2CC3CC1CC(C2)N3. The number of nitrogens with one attached hydrogen (secondary N) is 1. The van der Waals surface area contributed by atoms with Crippen LogP contribution in [0, 0.1) is 0 Å². The Kier molecular flexibility index (Phi) is 1.15. The summed E-state index contributed by atoms with van der Waals surface area (Å²) in [5.74, 6) is 0. The van der Waals surface area contributed by atoms with E-state index in [1.54, 1.807) is 5.06 Å². The van der Waals surface area contributed by atoms with Gasteiger partial charge in [0.25, 0.3) is 0 Å². The summed E-state index contributed by atoms with van der Waals surface area (Å²) < 4.78 is 0. The van der Waals surface area contributed by atoms with Crippen molar-refractivity contribution in [2.45, 2.75) is 49.9 Å². The van der Waals surface area contributed by atoms with Gasteiger partial charge in [0.15, 0.2) is 0 Å². The van der Waals surface area contributed by atoms with Crippen molar-refractivity contribution in [3.63, 3.8) is 0 Å². The van der Waals surface area contributed by atoms with Gasteiger partial charge in [-0.25, -0.2) is 0 Å². The minimum atomic E-state index is 0.471. The molecule has 0 atom stereocenters. The van der Waals surface area contributed by atoms with E-state index in [9.17, 15) is 5.21 Å². The van der Waals surface area contributed by atoms with Crippen molar-refractivity contribution < 1.29 is 5.21 Å². The van der Waals surface area contributed by atoms with Crippen LogP contribution in [0.4, 0.5) is 0 Å². The van der Waals surface area contributed by atoms with Crippen molar-refractivity contribution in [1.29, 1.82) is 0 Å². The maximum Gasteiger partial charge on any atom is 0.0383 e. The summed E-state index contributed by atoms with van der Waals surface area (Å²) in [5, 5.41) is 14.8. The van der Waals surface area contributed by atoms with Gasteiger partial charge in [0.2, 0.25) is 0 Å². The molecule has 0 unspecified atom stereocenters. The van der Waals surface area contributed by atoms with E-state index in [0.29, 0.717) is 24.2 Å². The Morgan fingerprint density at radius 1 is 1.00 bits per heavy atom. The van der Waals surface area contributed by atoms with Crippen molar-refractivity contribution >= 4 is 0 Å². The van der Waals surface area contributed by atoms with Gasteiger partial charge in [0.1, 0.15) is 0 Å². The van der Waals surface area contributed by atoms with Gasteiger partial charge in [0.05, 0.1) is 0 Å². The van der Waals surface area contributed by atoms with Gasteiger partial charge in [-0.1, -0.05) is 0 Å². The number of hydrogen-bond acceptors (Lipinski definition) is 3. The third kappa shape index (κ3) is 0.789. The molecule has 0 radical (unpaired) electrons. The Balaban J connectivity index is 1.91. The molecule has 4 bridgehead atoms. The van der Waals surface area contributed by atoms with E-state index in [1.165, 1.54) is 0 Å².